The van der Waals surface area contributed by atoms with Gasteiger partial charge in [-0.1, -0.05) is 11.2 Å². The fraction of sp³-hybridized carbons (Fsp3) is 0.357. The lowest BCUT2D eigenvalue weighted by atomic mass is 10.1. The molecule has 5 heteroatoms. The maximum Gasteiger partial charge on any atom is 0.174 e. The van der Waals surface area contributed by atoms with Crippen molar-refractivity contribution in [3.05, 3.63) is 45.8 Å². The van der Waals surface area contributed by atoms with Crippen molar-refractivity contribution < 1.29 is 9.26 Å². The topological polar surface area (TPSA) is 61.3 Å². The van der Waals surface area contributed by atoms with Crippen molar-refractivity contribution in [2.75, 3.05) is 0 Å². The van der Waals surface area contributed by atoms with Crippen LogP contribution in [0.15, 0.2) is 33.3 Å². The summed E-state index contributed by atoms with van der Waals surface area (Å²) >= 11 is 3.50. The number of benzene rings is 1. The van der Waals surface area contributed by atoms with E-state index in [4.69, 9.17) is 15.0 Å². The summed E-state index contributed by atoms with van der Waals surface area (Å²) in [6.07, 6.45) is 0.847. The maximum absolute atomic E-state index is 5.78. The van der Waals surface area contributed by atoms with Crippen molar-refractivity contribution in [1.82, 2.24) is 5.16 Å². The molecule has 0 aliphatic carbocycles. The molecule has 1 atom stereocenters. The minimum absolute atomic E-state index is 0.149. The number of aryl methyl sites for hydroxylation is 1. The first kappa shape index (κ1) is 14.1. The molecule has 0 aliphatic heterocycles. The van der Waals surface area contributed by atoms with E-state index in [-0.39, 0.29) is 6.04 Å². The van der Waals surface area contributed by atoms with Crippen molar-refractivity contribution in [3.8, 4) is 5.75 Å². The maximum atomic E-state index is 5.78. The molecule has 2 N–H and O–H groups in total. The van der Waals surface area contributed by atoms with Crippen molar-refractivity contribution in [2.24, 2.45) is 5.73 Å². The van der Waals surface area contributed by atoms with Crippen LogP contribution in [0, 0.1) is 6.92 Å². The largest absolute Gasteiger partial charge is 0.484 e. The van der Waals surface area contributed by atoms with Gasteiger partial charge >= 0.3 is 0 Å². The lowest BCUT2D eigenvalue weighted by Gasteiger charge is -2.10. The molecule has 0 radical (unpaired) electrons. The van der Waals surface area contributed by atoms with Crippen LogP contribution in [0.1, 0.15) is 23.9 Å². The number of rotatable bonds is 5. The summed E-state index contributed by atoms with van der Waals surface area (Å²) in [6, 6.07) is 8.00. The molecule has 19 heavy (non-hydrogen) atoms. The quantitative estimate of drug-likeness (QED) is 0.917. The first-order chi connectivity index (χ1) is 9.04. The van der Waals surface area contributed by atoms with Crippen LogP contribution in [-0.2, 0) is 13.0 Å². The number of hydrogen-bond donors (Lipinski definition) is 1. The van der Waals surface area contributed by atoms with Crippen LogP contribution in [0.5, 0.6) is 5.75 Å². The van der Waals surface area contributed by atoms with Crippen molar-refractivity contribution >= 4 is 15.9 Å². The molecule has 102 valence electrons. The highest BCUT2D eigenvalue weighted by Gasteiger charge is 2.07. The molecule has 4 nitrogen and oxygen atoms in total. The van der Waals surface area contributed by atoms with E-state index in [9.17, 15) is 0 Å². The van der Waals surface area contributed by atoms with E-state index in [2.05, 4.69) is 21.1 Å². The van der Waals surface area contributed by atoms with E-state index in [0.29, 0.717) is 12.4 Å². The molecule has 2 aromatic rings. The molecule has 1 heterocycles. The summed E-state index contributed by atoms with van der Waals surface area (Å²) in [5.41, 5.74) is 7.82. The Kier molecular flexibility index (Phi) is 4.61. The van der Waals surface area contributed by atoms with E-state index in [0.717, 1.165) is 22.3 Å². The normalized spacial score (nSPS) is 12.4. The minimum Gasteiger partial charge on any atom is -0.484 e. The molecule has 1 aromatic heterocycles. The van der Waals surface area contributed by atoms with Crippen LogP contribution < -0.4 is 10.5 Å². The second-order valence-corrected chi connectivity index (χ2v) is 5.52. The van der Waals surface area contributed by atoms with Crippen LogP contribution in [0.4, 0.5) is 0 Å². The predicted octanol–water partition coefficient (Wildman–Crippen LogP) is 3.21. The van der Waals surface area contributed by atoms with Gasteiger partial charge in [-0.05, 0) is 53.9 Å². The molecular formula is C14H17BrN2O2. The van der Waals surface area contributed by atoms with Crippen LogP contribution in [0.3, 0.4) is 0 Å². The number of hydrogen-bond acceptors (Lipinski definition) is 4. The molecular weight excluding hydrogens is 308 g/mol. The smallest absolute Gasteiger partial charge is 0.174 e. The van der Waals surface area contributed by atoms with Crippen LogP contribution in [-0.4, -0.2) is 11.2 Å². The molecule has 0 amide bonds. The molecule has 1 aromatic carbocycles. The Labute approximate surface area is 121 Å². The molecule has 0 aliphatic rings. The van der Waals surface area contributed by atoms with Crippen LogP contribution in [0.25, 0.3) is 0 Å². The van der Waals surface area contributed by atoms with Crippen molar-refractivity contribution in [2.45, 2.75) is 32.9 Å². The Bertz CT molecular complexity index is 552. The lowest BCUT2D eigenvalue weighted by Crippen LogP contribution is -2.17. The molecule has 0 bridgehead atoms. The highest BCUT2D eigenvalue weighted by Crippen LogP contribution is 2.27. The molecule has 1 unspecified atom stereocenters. The zero-order chi connectivity index (χ0) is 13.8. The van der Waals surface area contributed by atoms with Gasteiger partial charge in [0, 0.05) is 12.1 Å². The SMILES string of the molecule is Cc1cc(COc2ccc(CC(C)N)cc2Br)on1. The molecule has 2 rings (SSSR count). The Morgan fingerprint density at radius 1 is 1.42 bits per heavy atom. The summed E-state index contributed by atoms with van der Waals surface area (Å²) in [6.45, 7) is 4.24. The Hall–Kier alpha value is -1.33. The molecule has 0 spiro atoms. The van der Waals surface area contributed by atoms with Gasteiger partial charge in [0.15, 0.2) is 5.76 Å². The van der Waals surface area contributed by atoms with Gasteiger partial charge < -0.3 is 15.0 Å². The molecule has 0 saturated heterocycles. The van der Waals surface area contributed by atoms with E-state index >= 15 is 0 Å². The van der Waals surface area contributed by atoms with Gasteiger partial charge in [-0.25, -0.2) is 0 Å². The summed E-state index contributed by atoms with van der Waals surface area (Å²) in [4.78, 5) is 0. The van der Waals surface area contributed by atoms with Crippen molar-refractivity contribution in [3.63, 3.8) is 0 Å². The van der Waals surface area contributed by atoms with E-state index in [1.54, 1.807) is 0 Å². The summed E-state index contributed by atoms with van der Waals surface area (Å²) in [7, 11) is 0. The van der Waals surface area contributed by atoms with Gasteiger partial charge in [0.1, 0.15) is 12.4 Å². The Morgan fingerprint density at radius 2 is 2.21 bits per heavy atom. The highest BCUT2D eigenvalue weighted by atomic mass is 79.9. The standard InChI is InChI=1S/C14H17BrN2O2/c1-9(16)5-11-3-4-14(13(15)7-11)18-8-12-6-10(2)17-19-12/h3-4,6-7,9H,5,8,16H2,1-2H3. The van der Waals surface area contributed by atoms with Gasteiger partial charge in [-0.3, -0.25) is 0 Å². The average molecular weight is 325 g/mol. The van der Waals surface area contributed by atoms with E-state index in [1.807, 2.05) is 38.1 Å². The fourth-order valence-corrected chi connectivity index (χ4v) is 2.33. The third kappa shape index (κ3) is 4.08. The third-order valence-electron chi connectivity index (χ3n) is 2.60. The zero-order valence-corrected chi connectivity index (χ0v) is 12.6. The number of nitrogens with zero attached hydrogens (tertiary/aromatic N) is 1. The van der Waals surface area contributed by atoms with Gasteiger partial charge in [-0.2, -0.15) is 0 Å². The van der Waals surface area contributed by atoms with Gasteiger partial charge in [-0.15, -0.1) is 0 Å². The first-order valence-electron chi connectivity index (χ1n) is 6.13. The number of nitrogens with two attached hydrogens (primary N) is 1. The van der Waals surface area contributed by atoms with Gasteiger partial charge in [0.2, 0.25) is 0 Å². The number of halogens is 1. The lowest BCUT2D eigenvalue weighted by molar-refractivity contribution is 0.247. The highest BCUT2D eigenvalue weighted by molar-refractivity contribution is 9.10. The second kappa shape index (κ2) is 6.21. The van der Waals surface area contributed by atoms with Crippen LogP contribution in [0.2, 0.25) is 0 Å². The summed E-state index contributed by atoms with van der Waals surface area (Å²) in [5.74, 6) is 1.49. The van der Waals surface area contributed by atoms with Gasteiger partial charge in [0.05, 0.1) is 10.2 Å². The monoisotopic (exact) mass is 324 g/mol. The van der Waals surface area contributed by atoms with Crippen molar-refractivity contribution in [1.29, 1.82) is 0 Å². The predicted molar refractivity (Wildman–Crippen MR) is 77.1 cm³/mol. The average Bonchev–Trinajstić information content (AvgIpc) is 2.73. The van der Waals surface area contributed by atoms with Gasteiger partial charge in [0.25, 0.3) is 0 Å². The van der Waals surface area contributed by atoms with Crippen LogP contribution >= 0.6 is 15.9 Å². The van der Waals surface area contributed by atoms with E-state index < -0.39 is 0 Å². The minimum atomic E-state index is 0.149. The Morgan fingerprint density at radius 3 is 2.79 bits per heavy atom. The second-order valence-electron chi connectivity index (χ2n) is 4.67. The number of aromatic nitrogens is 1. The van der Waals surface area contributed by atoms with E-state index in [1.165, 1.54) is 5.56 Å². The Balaban J connectivity index is 2.00. The fourth-order valence-electron chi connectivity index (χ4n) is 1.79. The molecule has 0 fully saturated rings. The summed E-state index contributed by atoms with van der Waals surface area (Å²) < 4.78 is 11.7. The first-order valence-corrected chi connectivity index (χ1v) is 6.93. The zero-order valence-electron chi connectivity index (χ0n) is 11.0. The summed E-state index contributed by atoms with van der Waals surface area (Å²) in [5, 5.41) is 3.82. The number of ether oxygens (including phenoxy) is 1. The molecule has 0 saturated carbocycles. The third-order valence-corrected chi connectivity index (χ3v) is 3.22.